The first-order valence-corrected chi connectivity index (χ1v) is 8.52. The quantitative estimate of drug-likeness (QED) is 0.875. The third-order valence-corrected chi connectivity index (χ3v) is 4.69. The molecule has 1 fully saturated rings. The van der Waals surface area contributed by atoms with Gasteiger partial charge in [-0.25, -0.2) is 4.68 Å². The Labute approximate surface area is 154 Å². The molecule has 136 valence electrons. The molecule has 0 radical (unpaired) electrons. The Bertz CT molecular complexity index is 714. The average Bonchev–Trinajstić information content (AvgIpc) is 3.04. The van der Waals surface area contributed by atoms with Crippen molar-refractivity contribution < 1.29 is 4.79 Å². The number of carbonyl (C=O) groups excluding carboxylic acids is 1. The lowest BCUT2D eigenvalue weighted by molar-refractivity contribution is 0.0945. The number of aryl methyl sites for hydroxylation is 3. The minimum absolute atomic E-state index is 0. The van der Waals surface area contributed by atoms with Crippen molar-refractivity contribution >= 4 is 18.3 Å². The maximum Gasteiger partial charge on any atom is 0.273 e. The lowest BCUT2D eigenvalue weighted by Crippen LogP contribution is -2.29. The number of halogens is 1. The van der Waals surface area contributed by atoms with Gasteiger partial charge in [-0.2, -0.15) is 0 Å². The molecule has 1 saturated heterocycles. The molecule has 1 aliphatic rings. The van der Waals surface area contributed by atoms with E-state index in [1.54, 1.807) is 6.20 Å². The Morgan fingerprint density at radius 2 is 1.88 bits per heavy atom. The highest BCUT2D eigenvalue weighted by Crippen LogP contribution is 2.18. The molecule has 2 N–H and O–H groups in total. The van der Waals surface area contributed by atoms with E-state index in [1.807, 2.05) is 4.68 Å². The Morgan fingerprint density at radius 3 is 2.52 bits per heavy atom. The van der Waals surface area contributed by atoms with Crippen LogP contribution in [-0.2, 0) is 6.54 Å². The van der Waals surface area contributed by atoms with E-state index in [-0.39, 0.29) is 18.3 Å². The molecule has 0 aliphatic carbocycles. The minimum atomic E-state index is -0.172. The number of hydrogen-bond donors (Lipinski definition) is 2. The van der Waals surface area contributed by atoms with Crippen LogP contribution >= 0.6 is 12.4 Å². The van der Waals surface area contributed by atoms with Gasteiger partial charge in [-0.1, -0.05) is 22.9 Å². The molecule has 0 atom stereocenters. The average molecular weight is 364 g/mol. The molecule has 2 aromatic rings. The predicted molar refractivity (Wildman–Crippen MR) is 100 cm³/mol. The monoisotopic (exact) mass is 363 g/mol. The predicted octanol–water partition coefficient (Wildman–Crippen LogP) is 2.48. The van der Waals surface area contributed by atoms with Crippen molar-refractivity contribution in [3.63, 3.8) is 0 Å². The lowest BCUT2D eigenvalue weighted by Gasteiger charge is -2.22. The highest BCUT2D eigenvalue weighted by molar-refractivity contribution is 5.91. The molecule has 1 aliphatic heterocycles. The Morgan fingerprint density at radius 1 is 1.24 bits per heavy atom. The van der Waals surface area contributed by atoms with Gasteiger partial charge in [0.1, 0.15) is 0 Å². The summed E-state index contributed by atoms with van der Waals surface area (Å²) >= 11 is 0. The van der Waals surface area contributed by atoms with Crippen molar-refractivity contribution in [2.75, 3.05) is 13.1 Å². The van der Waals surface area contributed by atoms with Crippen molar-refractivity contribution in [2.45, 2.75) is 46.2 Å². The number of aromatic nitrogens is 3. The summed E-state index contributed by atoms with van der Waals surface area (Å²) in [6.07, 6.45) is 3.80. The molecule has 0 saturated carbocycles. The van der Waals surface area contributed by atoms with Crippen LogP contribution in [0.4, 0.5) is 0 Å². The van der Waals surface area contributed by atoms with E-state index < -0.39 is 0 Å². The number of nitrogens with one attached hydrogen (secondary N) is 2. The summed E-state index contributed by atoms with van der Waals surface area (Å²) < 4.78 is 1.83. The van der Waals surface area contributed by atoms with Crippen LogP contribution in [0.2, 0.25) is 0 Å². The van der Waals surface area contributed by atoms with Gasteiger partial charge in [-0.3, -0.25) is 4.79 Å². The van der Waals surface area contributed by atoms with Gasteiger partial charge in [0, 0.05) is 6.54 Å². The van der Waals surface area contributed by atoms with Gasteiger partial charge in [0.2, 0.25) is 0 Å². The highest BCUT2D eigenvalue weighted by Gasteiger charge is 2.18. The first-order chi connectivity index (χ1) is 11.5. The van der Waals surface area contributed by atoms with Crippen LogP contribution in [0, 0.1) is 20.8 Å². The van der Waals surface area contributed by atoms with Crippen molar-refractivity contribution in [3.8, 4) is 0 Å². The first-order valence-electron chi connectivity index (χ1n) is 8.52. The summed E-state index contributed by atoms with van der Waals surface area (Å²) in [4.78, 5) is 12.4. The highest BCUT2D eigenvalue weighted by atomic mass is 35.5. The maximum atomic E-state index is 12.4. The zero-order valence-electron chi connectivity index (χ0n) is 15.0. The molecule has 3 rings (SSSR count). The van der Waals surface area contributed by atoms with Gasteiger partial charge < -0.3 is 10.6 Å². The van der Waals surface area contributed by atoms with E-state index in [9.17, 15) is 4.79 Å². The minimum Gasteiger partial charge on any atom is -0.346 e. The van der Waals surface area contributed by atoms with E-state index in [2.05, 4.69) is 53.8 Å². The number of rotatable bonds is 4. The van der Waals surface area contributed by atoms with E-state index in [1.165, 1.54) is 22.3 Å². The molecule has 0 spiro atoms. The van der Waals surface area contributed by atoms with Gasteiger partial charge >= 0.3 is 0 Å². The van der Waals surface area contributed by atoms with Gasteiger partial charge in [0.15, 0.2) is 5.69 Å². The van der Waals surface area contributed by atoms with Crippen molar-refractivity contribution in [1.82, 2.24) is 25.6 Å². The summed E-state index contributed by atoms with van der Waals surface area (Å²) in [6, 6.07) is 4.62. The lowest BCUT2D eigenvalue weighted by atomic mass is 10.00. The maximum absolute atomic E-state index is 12.4. The van der Waals surface area contributed by atoms with E-state index in [0.717, 1.165) is 25.9 Å². The second kappa shape index (κ2) is 8.45. The van der Waals surface area contributed by atoms with Crippen LogP contribution < -0.4 is 10.6 Å². The largest absolute Gasteiger partial charge is 0.346 e. The molecule has 25 heavy (non-hydrogen) atoms. The number of piperidine rings is 1. The summed E-state index contributed by atoms with van der Waals surface area (Å²) in [5.41, 5.74) is 5.19. The number of carbonyl (C=O) groups is 1. The zero-order valence-corrected chi connectivity index (χ0v) is 15.8. The van der Waals surface area contributed by atoms with E-state index >= 15 is 0 Å². The zero-order chi connectivity index (χ0) is 17.1. The van der Waals surface area contributed by atoms with Crippen LogP contribution in [0.3, 0.4) is 0 Å². The molecule has 2 heterocycles. The van der Waals surface area contributed by atoms with E-state index in [4.69, 9.17) is 0 Å². The van der Waals surface area contributed by atoms with Crippen LogP contribution in [-0.4, -0.2) is 34.0 Å². The van der Waals surface area contributed by atoms with Gasteiger partial charge in [-0.15, -0.1) is 17.5 Å². The van der Waals surface area contributed by atoms with Crippen molar-refractivity contribution in [2.24, 2.45) is 0 Å². The Kier molecular flexibility index (Phi) is 6.56. The molecule has 1 amide bonds. The second-order valence-corrected chi connectivity index (χ2v) is 6.62. The summed E-state index contributed by atoms with van der Waals surface area (Å²) in [7, 11) is 0. The van der Waals surface area contributed by atoms with E-state index in [0.29, 0.717) is 18.3 Å². The van der Waals surface area contributed by atoms with Crippen LogP contribution in [0.25, 0.3) is 0 Å². The normalized spacial score (nSPS) is 14.8. The topological polar surface area (TPSA) is 71.8 Å². The number of amides is 1. The summed E-state index contributed by atoms with van der Waals surface area (Å²) in [5, 5.41) is 14.5. The van der Waals surface area contributed by atoms with Gasteiger partial charge in [0.05, 0.1) is 12.2 Å². The van der Waals surface area contributed by atoms with Crippen LogP contribution in [0.1, 0.15) is 51.6 Å². The van der Waals surface area contributed by atoms with Crippen LogP contribution in [0.5, 0.6) is 0 Å². The van der Waals surface area contributed by atoms with Crippen molar-refractivity contribution in [1.29, 1.82) is 0 Å². The molecule has 1 aromatic carbocycles. The molecule has 0 unspecified atom stereocenters. The smallest absolute Gasteiger partial charge is 0.273 e. The molecule has 0 bridgehead atoms. The summed E-state index contributed by atoms with van der Waals surface area (Å²) in [6.45, 7) is 8.72. The number of benzene rings is 1. The molecular formula is C18H26ClN5O. The Balaban J connectivity index is 0.00000225. The second-order valence-electron chi connectivity index (χ2n) is 6.62. The molecule has 7 heteroatoms. The Hall–Kier alpha value is -1.92. The third-order valence-electron chi connectivity index (χ3n) is 4.69. The fourth-order valence-electron chi connectivity index (χ4n) is 3.38. The number of nitrogens with zero attached hydrogens (tertiary/aromatic N) is 3. The number of hydrogen-bond acceptors (Lipinski definition) is 4. The molecule has 6 nitrogen and oxygen atoms in total. The third kappa shape index (κ3) is 4.58. The van der Waals surface area contributed by atoms with Crippen molar-refractivity contribution in [3.05, 3.63) is 46.3 Å². The van der Waals surface area contributed by atoms with Crippen LogP contribution in [0.15, 0.2) is 18.3 Å². The fourth-order valence-corrected chi connectivity index (χ4v) is 3.38. The molecular weight excluding hydrogens is 338 g/mol. The SMILES string of the molecule is Cc1cc(C)c(CNC(=O)c2cn(C3CCNCC3)nn2)c(C)c1.Cl. The fraction of sp³-hybridized carbons (Fsp3) is 0.500. The molecule has 1 aromatic heterocycles. The standard InChI is InChI=1S/C18H25N5O.ClH/c1-12-8-13(2)16(14(3)9-12)10-20-18(24)17-11-23(22-21-17)15-4-6-19-7-5-15;/h8-9,11,15,19H,4-7,10H2,1-3H3,(H,20,24);1H. The van der Waals surface area contributed by atoms with Gasteiger partial charge in [0.25, 0.3) is 5.91 Å². The summed E-state index contributed by atoms with van der Waals surface area (Å²) in [5.74, 6) is -0.172. The first kappa shape index (κ1) is 19.4. The van der Waals surface area contributed by atoms with Gasteiger partial charge in [-0.05, 0) is 63.4 Å².